The van der Waals surface area contributed by atoms with Crippen molar-refractivity contribution in [3.8, 4) is 11.5 Å². The minimum atomic E-state index is -2.06. The summed E-state index contributed by atoms with van der Waals surface area (Å²) in [5.74, 6) is -2.56. The van der Waals surface area contributed by atoms with Crippen molar-refractivity contribution in [2.24, 2.45) is 0 Å². The molecule has 2 rings (SSSR count). The number of halogens is 2. The van der Waals surface area contributed by atoms with Gasteiger partial charge in [0.1, 0.15) is 5.75 Å². The lowest BCUT2D eigenvalue weighted by Gasteiger charge is -2.09. The molecule has 0 spiro atoms. The van der Waals surface area contributed by atoms with Crippen molar-refractivity contribution in [2.75, 3.05) is 0 Å². The fraction of sp³-hybridized carbons (Fsp3) is 0. The van der Waals surface area contributed by atoms with Crippen molar-refractivity contribution < 1.29 is 23.6 Å². The Morgan fingerprint density at radius 2 is 1.56 bits per heavy atom. The summed E-state index contributed by atoms with van der Waals surface area (Å²) in [4.78, 5) is 0. The molecule has 0 unspecified atom stereocenters. The molecule has 0 aliphatic rings. The van der Waals surface area contributed by atoms with Crippen LogP contribution in [0, 0.1) is 11.6 Å². The average Bonchev–Trinajstić information content (AvgIpc) is 2.36. The van der Waals surface area contributed by atoms with Crippen molar-refractivity contribution in [3.05, 3.63) is 54.1 Å². The summed E-state index contributed by atoms with van der Waals surface area (Å²) in [7, 11) is -2.06. The van der Waals surface area contributed by atoms with E-state index in [0.717, 1.165) is 12.1 Å². The first-order valence-electron chi connectivity index (χ1n) is 5.16. The van der Waals surface area contributed by atoms with Crippen LogP contribution in [-0.4, -0.2) is 17.2 Å². The quantitative estimate of drug-likeness (QED) is 0.810. The van der Waals surface area contributed by atoms with Crippen LogP contribution in [0.15, 0.2) is 42.5 Å². The van der Waals surface area contributed by atoms with Gasteiger partial charge in [0.15, 0.2) is 11.6 Å². The second-order valence-corrected chi connectivity index (χ2v) is 3.57. The molecule has 6 heteroatoms. The molecular weight excluding hydrogens is 241 g/mol. The van der Waals surface area contributed by atoms with Crippen LogP contribution in [0.2, 0.25) is 0 Å². The molecule has 0 saturated heterocycles. The minimum Gasteiger partial charge on any atom is -0.454 e. The predicted octanol–water partition coefficient (Wildman–Crippen LogP) is 1.44. The van der Waals surface area contributed by atoms with Gasteiger partial charge in [-0.3, -0.25) is 0 Å². The van der Waals surface area contributed by atoms with Crippen molar-refractivity contribution in [1.29, 1.82) is 0 Å². The van der Waals surface area contributed by atoms with Crippen LogP contribution >= 0.6 is 0 Å². The van der Waals surface area contributed by atoms with E-state index in [2.05, 4.69) is 0 Å². The molecule has 0 amide bonds. The summed E-state index contributed by atoms with van der Waals surface area (Å²) >= 11 is 0. The Hall–Kier alpha value is -1.92. The van der Waals surface area contributed by atoms with Gasteiger partial charge in [0.2, 0.25) is 5.82 Å². The van der Waals surface area contributed by atoms with Gasteiger partial charge in [-0.05, 0) is 18.2 Å². The minimum absolute atomic E-state index is 0.317. The fourth-order valence-electron chi connectivity index (χ4n) is 1.44. The van der Waals surface area contributed by atoms with Crippen LogP contribution in [0.25, 0.3) is 0 Å². The Labute approximate surface area is 102 Å². The zero-order valence-corrected chi connectivity index (χ0v) is 9.18. The SMILES string of the molecule is OB(O)c1ccc(Oc2ccccc2)c(F)c1F. The van der Waals surface area contributed by atoms with E-state index in [-0.39, 0.29) is 5.75 Å². The highest BCUT2D eigenvalue weighted by atomic mass is 19.2. The van der Waals surface area contributed by atoms with Crippen LogP contribution < -0.4 is 10.2 Å². The molecule has 0 saturated carbocycles. The largest absolute Gasteiger partial charge is 0.491 e. The smallest absolute Gasteiger partial charge is 0.454 e. The van der Waals surface area contributed by atoms with Gasteiger partial charge < -0.3 is 14.8 Å². The molecule has 0 aromatic heterocycles. The second-order valence-electron chi connectivity index (χ2n) is 3.57. The number of benzene rings is 2. The first-order valence-corrected chi connectivity index (χ1v) is 5.16. The molecule has 0 fully saturated rings. The monoisotopic (exact) mass is 250 g/mol. The highest BCUT2D eigenvalue weighted by Crippen LogP contribution is 2.24. The van der Waals surface area contributed by atoms with Gasteiger partial charge in [0, 0.05) is 5.46 Å². The Kier molecular flexibility index (Phi) is 3.59. The zero-order valence-electron chi connectivity index (χ0n) is 9.18. The molecule has 2 N–H and O–H groups in total. The van der Waals surface area contributed by atoms with Crippen LogP contribution in [0.4, 0.5) is 8.78 Å². The first-order chi connectivity index (χ1) is 8.59. The van der Waals surface area contributed by atoms with Gasteiger partial charge in [-0.1, -0.05) is 24.3 Å². The van der Waals surface area contributed by atoms with Gasteiger partial charge in [-0.25, -0.2) is 4.39 Å². The van der Waals surface area contributed by atoms with Crippen LogP contribution in [-0.2, 0) is 0 Å². The standard InChI is InChI=1S/C12H9BF2O3/c14-11-9(13(16)17)6-7-10(12(11)15)18-8-4-2-1-3-5-8/h1-7,16-17H. The van der Waals surface area contributed by atoms with E-state index in [1.165, 1.54) is 0 Å². The molecule has 0 heterocycles. The second kappa shape index (κ2) is 5.16. The number of hydrogen-bond donors (Lipinski definition) is 2. The third-order valence-electron chi connectivity index (χ3n) is 2.33. The number of rotatable bonds is 3. The molecular formula is C12H9BF2O3. The highest BCUT2D eigenvalue weighted by Gasteiger charge is 2.22. The van der Waals surface area contributed by atoms with E-state index in [1.807, 2.05) is 0 Å². The van der Waals surface area contributed by atoms with Gasteiger partial charge in [0.25, 0.3) is 0 Å². The Morgan fingerprint density at radius 1 is 0.889 bits per heavy atom. The van der Waals surface area contributed by atoms with Crippen molar-refractivity contribution in [3.63, 3.8) is 0 Å². The molecule has 0 bridgehead atoms. The van der Waals surface area contributed by atoms with Gasteiger partial charge >= 0.3 is 7.12 Å². The lowest BCUT2D eigenvalue weighted by Crippen LogP contribution is -2.33. The van der Waals surface area contributed by atoms with Gasteiger partial charge in [0.05, 0.1) is 0 Å². The summed E-state index contributed by atoms with van der Waals surface area (Å²) in [6.45, 7) is 0. The highest BCUT2D eigenvalue weighted by molar-refractivity contribution is 6.58. The zero-order chi connectivity index (χ0) is 13.1. The maximum Gasteiger partial charge on any atom is 0.491 e. The third-order valence-corrected chi connectivity index (χ3v) is 2.33. The lowest BCUT2D eigenvalue weighted by molar-refractivity contribution is 0.406. The molecule has 0 atom stereocenters. The molecule has 18 heavy (non-hydrogen) atoms. The topological polar surface area (TPSA) is 49.7 Å². The normalized spacial score (nSPS) is 10.2. The van der Waals surface area contributed by atoms with Crippen molar-refractivity contribution in [1.82, 2.24) is 0 Å². The predicted molar refractivity (Wildman–Crippen MR) is 62.7 cm³/mol. The van der Waals surface area contributed by atoms with Crippen molar-refractivity contribution >= 4 is 12.6 Å². The third kappa shape index (κ3) is 2.50. The summed E-state index contributed by atoms with van der Waals surface area (Å²) in [6.07, 6.45) is 0. The number of ether oxygens (including phenoxy) is 1. The summed E-state index contributed by atoms with van der Waals surface area (Å²) < 4.78 is 32.2. The van der Waals surface area contributed by atoms with Gasteiger partial charge in [-0.2, -0.15) is 4.39 Å². The first kappa shape index (κ1) is 12.5. The van der Waals surface area contributed by atoms with E-state index in [9.17, 15) is 8.78 Å². The maximum atomic E-state index is 13.6. The summed E-state index contributed by atoms with van der Waals surface area (Å²) in [6, 6.07) is 10.5. The number of hydrogen-bond acceptors (Lipinski definition) is 3. The Balaban J connectivity index is 2.33. The molecule has 3 nitrogen and oxygen atoms in total. The molecule has 92 valence electrons. The number of para-hydroxylation sites is 1. The van der Waals surface area contributed by atoms with Crippen LogP contribution in [0.1, 0.15) is 0 Å². The molecule has 0 aliphatic carbocycles. The van der Waals surface area contributed by atoms with Crippen LogP contribution in [0.3, 0.4) is 0 Å². The molecule has 0 aliphatic heterocycles. The average molecular weight is 250 g/mol. The van der Waals surface area contributed by atoms with E-state index in [4.69, 9.17) is 14.8 Å². The fourth-order valence-corrected chi connectivity index (χ4v) is 1.44. The van der Waals surface area contributed by atoms with E-state index in [0.29, 0.717) is 5.75 Å². The summed E-state index contributed by atoms with van der Waals surface area (Å²) in [5, 5.41) is 17.6. The van der Waals surface area contributed by atoms with E-state index < -0.39 is 24.2 Å². The molecule has 2 aromatic carbocycles. The summed E-state index contributed by atoms with van der Waals surface area (Å²) in [5.41, 5.74) is -0.534. The van der Waals surface area contributed by atoms with Crippen LogP contribution in [0.5, 0.6) is 11.5 Å². The van der Waals surface area contributed by atoms with E-state index >= 15 is 0 Å². The maximum absolute atomic E-state index is 13.6. The van der Waals surface area contributed by atoms with E-state index in [1.54, 1.807) is 30.3 Å². The Morgan fingerprint density at radius 3 is 2.17 bits per heavy atom. The van der Waals surface area contributed by atoms with Crippen molar-refractivity contribution in [2.45, 2.75) is 0 Å². The lowest BCUT2D eigenvalue weighted by atomic mass is 9.80. The molecule has 2 aromatic rings. The Bertz CT molecular complexity index is 547. The molecule has 0 radical (unpaired) electrons. The van der Waals surface area contributed by atoms with Gasteiger partial charge in [-0.15, -0.1) is 0 Å².